The number of benzene rings is 1. The van der Waals surface area contributed by atoms with Gasteiger partial charge in [0.15, 0.2) is 12.4 Å². The molecule has 0 fully saturated rings. The van der Waals surface area contributed by atoms with Crippen molar-refractivity contribution in [3.8, 4) is 5.75 Å². The first-order valence-corrected chi connectivity index (χ1v) is 5.13. The minimum absolute atomic E-state index is 0.0160. The van der Waals surface area contributed by atoms with Crippen LogP contribution in [0, 0.1) is 0 Å². The van der Waals surface area contributed by atoms with E-state index in [0.717, 1.165) is 0 Å². The molecule has 1 aromatic heterocycles. The smallest absolute Gasteiger partial charge is 0.212 e. The van der Waals surface area contributed by atoms with Crippen LogP contribution in [-0.2, 0) is 13.7 Å². The summed E-state index contributed by atoms with van der Waals surface area (Å²) >= 11 is 0. The number of nitrogens with two attached hydrogens (primary N) is 1. The van der Waals surface area contributed by atoms with E-state index < -0.39 is 0 Å². The molecule has 94 valence electrons. The maximum absolute atomic E-state index is 8.67. The van der Waals surface area contributed by atoms with E-state index in [1.165, 1.54) is 4.80 Å². The highest BCUT2D eigenvalue weighted by atomic mass is 16.5. The van der Waals surface area contributed by atoms with Crippen molar-refractivity contribution in [1.29, 1.82) is 0 Å². The van der Waals surface area contributed by atoms with Crippen LogP contribution in [0.25, 0.3) is 0 Å². The van der Waals surface area contributed by atoms with E-state index in [4.69, 9.17) is 15.7 Å². The van der Waals surface area contributed by atoms with Crippen molar-refractivity contribution in [2.75, 3.05) is 0 Å². The molecule has 8 nitrogen and oxygen atoms in total. The Morgan fingerprint density at radius 2 is 2.28 bits per heavy atom. The first kappa shape index (κ1) is 11.8. The molecule has 1 aromatic carbocycles. The highest BCUT2D eigenvalue weighted by Crippen LogP contribution is 2.18. The third-order valence-electron chi connectivity index (χ3n) is 2.18. The average Bonchev–Trinajstić information content (AvgIpc) is 2.81. The van der Waals surface area contributed by atoms with Gasteiger partial charge in [0.05, 0.1) is 12.6 Å². The van der Waals surface area contributed by atoms with Crippen LogP contribution in [-0.4, -0.2) is 31.3 Å². The molecule has 0 unspecified atom stereocenters. The van der Waals surface area contributed by atoms with Crippen molar-refractivity contribution < 1.29 is 9.94 Å². The molecule has 1 heterocycles. The lowest BCUT2D eigenvalue weighted by atomic mass is 10.2. The minimum Gasteiger partial charge on any atom is -0.485 e. The Kier molecular flexibility index (Phi) is 3.37. The maximum atomic E-state index is 8.67. The molecule has 0 spiro atoms. The second-order valence-corrected chi connectivity index (χ2v) is 3.47. The fraction of sp³-hybridized carbons (Fsp3) is 0.200. The number of aryl methyl sites for hydroxylation is 1. The lowest BCUT2D eigenvalue weighted by Crippen LogP contribution is -2.14. The Labute approximate surface area is 103 Å². The average molecular weight is 248 g/mol. The van der Waals surface area contributed by atoms with Crippen LogP contribution >= 0.6 is 0 Å². The second kappa shape index (κ2) is 5.13. The van der Waals surface area contributed by atoms with Crippen molar-refractivity contribution in [2.24, 2.45) is 17.9 Å². The summed E-state index contributed by atoms with van der Waals surface area (Å²) in [6, 6.07) is 6.95. The molecule has 0 aliphatic heterocycles. The fourth-order valence-corrected chi connectivity index (χ4v) is 1.38. The zero-order valence-corrected chi connectivity index (χ0v) is 9.69. The van der Waals surface area contributed by atoms with Crippen LogP contribution in [0.3, 0.4) is 0 Å². The van der Waals surface area contributed by atoms with E-state index in [2.05, 4.69) is 20.6 Å². The summed E-state index contributed by atoms with van der Waals surface area (Å²) < 4.78 is 5.51. The van der Waals surface area contributed by atoms with Gasteiger partial charge < -0.3 is 15.7 Å². The van der Waals surface area contributed by atoms with E-state index >= 15 is 0 Å². The van der Waals surface area contributed by atoms with Gasteiger partial charge in [0, 0.05) is 0 Å². The van der Waals surface area contributed by atoms with Crippen molar-refractivity contribution in [3.05, 3.63) is 35.7 Å². The Morgan fingerprint density at radius 3 is 2.94 bits per heavy atom. The molecular formula is C10H12N6O2. The van der Waals surface area contributed by atoms with E-state index in [1.807, 2.05) is 0 Å². The molecular weight excluding hydrogens is 236 g/mol. The Bertz CT molecular complexity index is 565. The van der Waals surface area contributed by atoms with Gasteiger partial charge in [-0.2, -0.15) is 4.80 Å². The molecule has 2 aromatic rings. The zero-order chi connectivity index (χ0) is 13.0. The number of tetrazole rings is 1. The highest BCUT2D eigenvalue weighted by Gasteiger charge is 2.09. The largest absolute Gasteiger partial charge is 0.485 e. The number of ether oxygens (including phenoxy) is 1. The van der Waals surface area contributed by atoms with E-state index in [1.54, 1.807) is 31.3 Å². The normalized spacial score (nSPS) is 11.5. The van der Waals surface area contributed by atoms with Gasteiger partial charge in [-0.25, -0.2) is 0 Å². The van der Waals surface area contributed by atoms with E-state index in [-0.39, 0.29) is 12.4 Å². The van der Waals surface area contributed by atoms with E-state index in [9.17, 15) is 0 Å². The summed E-state index contributed by atoms with van der Waals surface area (Å²) in [7, 11) is 1.67. The predicted molar refractivity (Wildman–Crippen MR) is 62.1 cm³/mol. The predicted octanol–water partition coefficient (Wildman–Crippen LogP) is -0.116. The first-order valence-electron chi connectivity index (χ1n) is 5.13. The topological polar surface area (TPSA) is 111 Å². The number of aromatic nitrogens is 4. The quantitative estimate of drug-likeness (QED) is 0.338. The van der Waals surface area contributed by atoms with Crippen LogP contribution < -0.4 is 10.5 Å². The molecule has 0 aliphatic rings. The van der Waals surface area contributed by atoms with Crippen LogP contribution in [0.15, 0.2) is 29.4 Å². The number of amidine groups is 1. The second-order valence-electron chi connectivity index (χ2n) is 3.47. The standard InChI is InChI=1S/C10H12N6O2/c1-16-13-9(12-15-16)6-18-8-5-3-2-4-7(8)10(11)14-17/h2-5,17H,6H2,1H3,(H2,11,14). The molecule has 0 saturated carbocycles. The first-order chi connectivity index (χ1) is 8.70. The number of para-hydroxylation sites is 1. The summed E-state index contributed by atoms with van der Waals surface area (Å²) in [4.78, 5) is 1.34. The molecule has 0 radical (unpaired) electrons. The number of rotatable bonds is 4. The van der Waals surface area contributed by atoms with Crippen LogP contribution in [0.2, 0.25) is 0 Å². The van der Waals surface area contributed by atoms with Crippen LogP contribution in [0.1, 0.15) is 11.4 Å². The van der Waals surface area contributed by atoms with Crippen LogP contribution in [0.4, 0.5) is 0 Å². The van der Waals surface area contributed by atoms with Gasteiger partial charge in [0.25, 0.3) is 0 Å². The number of hydrogen-bond donors (Lipinski definition) is 2. The van der Waals surface area contributed by atoms with Crippen molar-refractivity contribution in [2.45, 2.75) is 6.61 Å². The highest BCUT2D eigenvalue weighted by molar-refractivity contribution is 5.99. The van der Waals surface area contributed by atoms with E-state index in [0.29, 0.717) is 17.1 Å². The summed E-state index contributed by atoms with van der Waals surface area (Å²) in [5, 5.41) is 23.1. The number of hydrogen-bond acceptors (Lipinski definition) is 6. The molecule has 0 amide bonds. The molecule has 0 saturated heterocycles. The summed E-state index contributed by atoms with van der Waals surface area (Å²) in [5.41, 5.74) is 6.04. The third-order valence-corrected chi connectivity index (χ3v) is 2.18. The van der Waals surface area contributed by atoms with Crippen LogP contribution in [0.5, 0.6) is 5.75 Å². The monoisotopic (exact) mass is 248 g/mol. The van der Waals surface area contributed by atoms with Gasteiger partial charge in [0.2, 0.25) is 5.82 Å². The lowest BCUT2D eigenvalue weighted by molar-refractivity contribution is 0.293. The minimum atomic E-state index is -0.0160. The van der Waals surface area contributed by atoms with Gasteiger partial charge in [0.1, 0.15) is 5.75 Å². The fourth-order valence-electron chi connectivity index (χ4n) is 1.38. The molecule has 0 aliphatic carbocycles. The summed E-state index contributed by atoms with van der Waals surface area (Å²) in [6.45, 7) is 0.156. The van der Waals surface area contributed by atoms with Crippen molar-refractivity contribution in [3.63, 3.8) is 0 Å². The Balaban J connectivity index is 2.14. The summed E-state index contributed by atoms with van der Waals surface area (Å²) in [5.74, 6) is 0.921. The molecule has 2 rings (SSSR count). The Morgan fingerprint density at radius 1 is 1.50 bits per heavy atom. The van der Waals surface area contributed by atoms with Crippen molar-refractivity contribution >= 4 is 5.84 Å². The Hall–Kier alpha value is -2.64. The number of oxime groups is 1. The maximum Gasteiger partial charge on any atom is 0.212 e. The molecule has 3 N–H and O–H groups in total. The lowest BCUT2D eigenvalue weighted by Gasteiger charge is -2.08. The van der Waals surface area contributed by atoms with Gasteiger partial charge in [-0.3, -0.25) is 0 Å². The summed E-state index contributed by atoms with van der Waals surface area (Å²) in [6.07, 6.45) is 0. The van der Waals surface area contributed by atoms with Gasteiger partial charge >= 0.3 is 0 Å². The molecule has 8 heteroatoms. The molecule has 0 atom stereocenters. The number of nitrogens with zero attached hydrogens (tertiary/aromatic N) is 5. The molecule has 18 heavy (non-hydrogen) atoms. The van der Waals surface area contributed by atoms with Crippen molar-refractivity contribution in [1.82, 2.24) is 20.2 Å². The third kappa shape index (κ3) is 2.54. The SMILES string of the molecule is Cn1nnc(COc2ccccc2/C(N)=N/O)n1. The molecule has 0 bridgehead atoms. The van der Waals surface area contributed by atoms with Gasteiger partial charge in [-0.15, -0.1) is 10.2 Å². The van der Waals surface area contributed by atoms with Gasteiger partial charge in [-0.1, -0.05) is 17.3 Å². The zero-order valence-electron chi connectivity index (χ0n) is 9.69. The van der Waals surface area contributed by atoms with Gasteiger partial charge in [-0.05, 0) is 17.3 Å².